The van der Waals surface area contributed by atoms with Crippen LogP contribution in [0.1, 0.15) is 39.5 Å². The lowest BCUT2D eigenvalue weighted by Crippen LogP contribution is -2.18. The Labute approximate surface area is 87.1 Å². The Hall–Kier alpha value is 0.797. The maximum absolute atomic E-state index is 6.09. The van der Waals surface area contributed by atoms with E-state index in [0.29, 0.717) is 0 Å². The van der Waals surface area contributed by atoms with Crippen molar-refractivity contribution in [2.24, 2.45) is 5.92 Å². The first-order valence-corrected chi connectivity index (χ1v) is 9.60. The van der Waals surface area contributed by atoms with Gasteiger partial charge in [0.1, 0.15) is 0 Å². The molecule has 0 aromatic heterocycles. The maximum atomic E-state index is 6.09. The molecule has 0 bridgehead atoms. The van der Waals surface area contributed by atoms with Gasteiger partial charge >= 0.3 is 0 Å². The van der Waals surface area contributed by atoms with E-state index in [-0.39, 0.29) is 0 Å². The van der Waals surface area contributed by atoms with Gasteiger partial charge in [-0.25, -0.2) is 0 Å². The summed E-state index contributed by atoms with van der Waals surface area (Å²) in [6, 6.07) is 1.06. The molecule has 0 amide bonds. The Morgan fingerprint density at radius 3 is 2.17 bits per heavy atom. The van der Waals surface area contributed by atoms with E-state index in [4.69, 9.17) is 22.2 Å². The number of rotatable bonds is 6. The summed E-state index contributed by atoms with van der Waals surface area (Å²) in [4.78, 5) is 0. The fourth-order valence-corrected chi connectivity index (χ4v) is 4.27. The molecule has 0 aromatic rings. The third kappa shape index (κ3) is 7.45. The number of unbranched alkanes of at least 4 members (excludes halogenated alkanes) is 1. The third-order valence-electron chi connectivity index (χ3n) is 2.19. The van der Waals surface area contributed by atoms with Crippen molar-refractivity contribution < 1.29 is 0 Å². The summed E-state index contributed by atoms with van der Waals surface area (Å²) in [6.45, 7) is 4.63. The van der Waals surface area contributed by atoms with Crippen molar-refractivity contribution in [1.82, 2.24) is 0 Å². The minimum atomic E-state index is -1.85. The standard InChI is InChI=1S/C9H20Cl2Si/c1-4-6-7-9(5-2)8-12(3,10)11/h9H,4-8H2,1-3H3. The van der Waals surface area contributed by atoms with Gasteiger partial charge in [-0.05, 0) is 18.5 Å². The topological polar surface area (TPSA) is 0 Å². The first kappa shape index (κ1) is 12.8. The van der Waals surface area contributed by atoms with Crippen molar-refractivity contribution in [3.63, 3.8) is 0 Å². The van der Waals surface area contributed by atoms with Crippen molar-refractivity contribution in [2.45, 2.75) is 52.1 Å². The van der Waals surface area contributed by atoms with Crippen LogP contribution < -0.4 is 0 Å². The van der Waals surface area contributed by atoms with E-state index in [2.05, 4.69) is 13.8 Å². The Balaban J connectivity index is 3.67. The Bertz CT molecular complexity index is 110. The van der Waals surface area contributed by atoms with Crippen LogP contribution in [0.3, 0.4) is 0 Å². The molecule has 0 saturated heterocycles. The largest absolute Gasteiger partial charge is 0.248 e. The van der Waals surface area contributed by atoms with E-state index in [9.17, 15) is 0 Å². The molecule has 0 aliphatic heterocycles. The molecule has 0 aliphatic carbocycles. The smallest absolute Gasteiger partial charge is 0.146 e. The van der Waals surface area contributed by atoms with Crippen molar-refractivity contribution in [3.05, 3.63) is 0 Å². The molecular weight excluding hydrogens is 207 g/mol. The zero-order valence-corrected chi connectivity index (χ0v) is 10.9. The van der Waals surface area contributed by atoms with Gasteiger partial charge in [-0.2, -0.15) is 0 Å². The molecule has 1 unspecified atom stereocenters. The zero-order chi connectivity index (χ0) is 9.61. The molecule has 1 atom stereocenters. The summed E-state index contributed by atoms with van der Waals surface area (Å²) in [6.07, 6.45) is 5.12. The first-order valence-electron chi connectivity index (χ1n) is 4.87. The second-order valence-corrected chi connectivity index (χ2v) is 11.8. The molecule has 0 N–H and O–H groups in total. The van der Waals surface area contributed by atoms with Gasteiger partial charge in [0.05, 0.1) is 0 Å². The van der Waals surface area contributed by atoms with Gasteiger partial charge in [-0.3, -0.25) is 0 Å². The average molecular weight is 227 g/mol. The molecule has 0 saturated carbocycles. The quantitative estimate of drug-likeness (QED) is 0.453. The van der Waals surface area contributed by atoms with Crippen molar-refractivity contribution in [1.29, 1.82) is 0 Å². The van der Waals surface area contributed by atoms with Gasteiger partial charge < -0.3 is 0 Å². The van der Waals surface area contributed by atoms with Crippen LogP contribution in [0, 0.1) is 5.92 Å². The summed E-state index contributed by atoms with van der Waals surface area (Å²) in [5.74, 6) is 0.761. The first-order chi connectivity index (χ1) is 5.49. The van der Waals surface area contributed by atoms with Crippen LogP contribution in [0.4, 0.5) is 0 Å². The lowest BCUT2D eigenvalue weighted by Gasteiger charge is -2.19. The van der Waals surface area contributed by atoms with E-state index in [1.807, 2.05) is 6.55 Å². The predicted octanol–water partition coefficient (Wildman–Crippen LogP) is 4.75. The van der Waals surface area contributed by atoms with Crippen LogP contribution in [0.25, 0.3) is 0 Å². The van der Waals surface area contributed by atoms with Crippen molar-refractivity contribution in [3.8, 4) is 0 Å². The molecular formula is C9H20Cl2Si. The van der Waals surface area contributed by atoms with Crippen LogP contribution in [0.5, 0.6) is 0 Å². The second kappa shape index (κ2) is 6.28. The van der Waals surface area contributed by atoms with E-state index in [0.717, 1.165) is 12.0 Å². The molecule has 0 rings (SSSR count). The Morgan fingerprint density at radius 2 is 1.83 bits per heavy atom. The summed E-state index contributed by atoms with van der Waals surface area (Å²) in [5, 5.41) is 0. The Morgan fingerprint density at radius 1 is 1.25 bits per heavy atom. The average Bonchev–Trinajstić information content (AvgIpc) is 1.95. The molecule has 0 radical (unpaired) electrons. The van der Waals surface area contributed by atoms with Crippen LogP contribution in [-0.4, -0.2) is 6.69 Å². The number of hydrogen-bond acceptors (Lipinski definition) is 0. The minimum Gasteiger partial charge on any atom is -0.146 e. The van der Waals surface area contributed by atoms with Crippen LogP contribution in [0.15, 0.2) is 0 Å². The molecule has 12 heavy (non-hydrogen) atoms. The molecule has 0 aromatic carbocycles. The van der Waals surface area contributed by atoms with E-state index in [1.165, 1.54) is 25.7 Å². The molecule has 0 aliphatic rings. The summed E-state index contributed by atoms with van der Waals surface area (Å²) in [5.41, 5.74) is 0. The summed E-state index contributed by atoms with van der Waals surface area (Å²) in [7, 11) is 0. The van der Waals surface area contributed by atoms with Gasteiger partial charge in [0.25, 0.3) is 0 Å². The van der Waals surface area contributed by atoms with Crippen LogP contribution in [0.2, 0.25) is 12.6 Å². The molecule has 74 valence electrons. The SMILES string of the molecule is CCCCC(CC)C[Si](C)(Cl)Cl. The lowest BCUT2D eigenvalue weighted by atomic mass is 10.0. The summed E-state index contributed by atoms with van der Waals surface area (Å²) >= 11 is 12.2. The van der Waals surface area contributed by atoms with Crippen LogP contribution >= 0.6 is 22.2 Å². The number of hydrogen-bond donors (Lipinski definition) is 0. The number of halogens is 2. The fourth-order valence-electron chi connectivity index (χ4n) is 1.45. The highest BCUT2D eigenvalue weighted by Gasteiger charge is 2.24. The van der Waals surface area contributed by atoms with Crippen molar-refractivity contribution >= 4 is 28.9 Å². The monoisotopic (exact) mass is 226 g/mol. The second-order valence-electron chi connectivity index (χ2n) is 3.69. The highest BCUT2D eigenvalue weighted by atomic mass is 35.7. The molecule has 0 fully saturated rings. The zero-order valence-electron chi connectivity index (χ0n) is 8.37. The summed E-state index contributed by atoms with van der Waals surface area (Å²) < 4.78 is 0. The van der Waals surface area contributed by atoms with Gasteiger partial charge in [0, 0.05) is 0 Å². The molecule has 0 heterocycles. The molecule has 0 spiro atoms. The van der Waals surface area contributed by atoms with E-state index >= 15 is 0 Å². The van der Waals surface area contributed by atoms with Gasteiger partial charge in [-0.1, -0.05) is 39.5 Å². The Kier molecular flexibility index (Phi) is 6.70. The molecule has 3 heteroatoms. The van der Waals surface area contributed by atoms with Crippen LogP contribution in [-0.2, 0) is 0 Å². The lowest BCUT2D eigenvalue weighted by molar-refractivity contribution is 0.489. The third-order valence-corrected chi connectivity index (χ3v) is 4.41. The predicted molar refractivity (Wildman–Crippen MR) is 61.4 cm³/mol. The highest BCUT2D eigenvalue weighted by Crippen LogP contribution is 2.29. The maximum Gasteiger partial charge on any atom is 0.248 e. The highest BCUT2D eigenvalue weighted by molar-refractivity contribution is 7.44. The van der Waals surface area contributed by atoms with Gasteiger partial charge in [0.2, 0.25) is 6.69 Å². The van der Waals surface area contributed by atoms with Gasteiger partial charge in [0.15, 0.2) is 0 Å². The molecule has 0 nitrogen and oxygen atoms in total. The van der Waals surface area contributed by atoms with Crippen molar-refractivity contribution in [2.75, 3.05) is 0 Å². The minimum absolute atomic E-state index is 0.761. The fraction of sp³-hybridized carbons (Fsp3) is 1.00. The normalized spacial score (nSPS) is 14.8. The van der Waals surface area contributed by atoms with Gasteiger partial charge in [-0.15, -0.1) is 22.2 Å². The van der Waals surface area contributed by atoms with E-state index < -0.39 is 6.69 Å². The van der Waals surface area contributed by atoms with E-state index in [1.54, 1.807) is 0 Å².